The van der Waals surface area contributed by atoms with Crippen LogP contribution in [0.1, 0.15) is 24.5 Å². The molecule has 5 nitrogen and oxygen atoms in total. The number of piperidine rings is 1. The molecule has 17 heavy (non-hydrogen) atoms. The first-order valence-electron chi connectivity index (χ1n) is 5.31. The summed E-state index contributed by atoms with van der Waals surface area (Å²) in [6, 6.07) is 0. The van der Waals surface area contributed by atoms with E-state index in [9.17, 15) is 0 Å². The van der Waals surface area contributed by atoms with Crippen LogP contribution < -0.4 is 5.32 Å². The Kier molecular flexibility index (Phi) is 5.11. The molecule has 3 heterocycles. The molecule has 7 heteroatoms. The van der Waals surface area contributed by atoms with Crippen molar-refractivity contribution in [3.63, 3.8) is 0 Å². The van der Waals surface area contributed by atoms with Gasteiger partial charge in [-0.3, -0.25) is 5.10 Å². The average Bonchev–Trinajstić information content (AvgIpc) is 2.74. The molecular weight excluding hydrogens is 261 g/mol. The van der Waals surface area contributed by atoms with Gasteiger partial charge < -0.3 is 5.32 Å². The number of halogens is 2. The second-order valence-electron chi connectivity index (χ2n) is 3.89. The number of H-pyrrole nitrogens is 1. The fourth-order valence-corrected chi connectivity index (χ4v) is 2.16. The molecule has 1 fully saturated rings. The summed E-state index contributed by atoms with van der Waals surface area (Å²) in [4.78, 5) is 8.52. The molecule has 2 N–H and O–H groups in total. The molecule has 0 bridgehead atoms. The van der Waals surface area contributed by atoms with Gasteiger partial charge >= 0.3 is 0 Å². The number of nitrogens with zero attached hydrogens (tertiary/aromatic N) is 3. The normalized spacial score (nSPS) is 16.2. The van der Waals surface area contributed by atoms with Crippen LogP contribution in [0, 0.1) is 0 Å². The minimum atomic E-state index is 0. The van der Waals surface area contributed by atoms with Crippen molar-refractivity contribution in [1.82, 2.24) is 25.5 Å². The molecule has 0 aliphatic carbocycles. The summed E-state index contributed by atoms with van der Waals surface area (Å²) in [6.07, 6.45) is 5.69. The predicted octanol–water partition coefficient (Wildman–Crippen LogP) is 1.66. The molecule has 0 atom stereocenters. The Hall–Kier alpha value is -0.910. The minimum absolute atomic E-state index is 0. The van der Waals surface area contributed by atoms with Crippen LogP contribution >= 0.6 is 24.8 Å². The van der Waals surface area contributed by atoms with E-state index in [1.54, 1.807) is 12.4 Å². The Morgan fingerprint density at radius 2 is 1.76 bits per heavy atom. The first kappa shape index (κ1) is 14.2. The highest BCUT2D eigenvalue weighted by atomic mass is 35.5. The van der Waals surface area contributed by atoms with Gasteiger partial charge in [-0.05, 0) is 25.9 Å². The first-order chi connectivity index (χ1) is 7.45. The quantitative estimate of drug-likeness (QED) is 0.831. The lowest BCUT2D eigenvalue weighted by Crippen LogP contribution is -2.26. The third-order valence-corrected chi connectivity index (χ3v) is 2.96. The summed E-state index contributed by atoms with van der Waals surface area (Å²) < 4.78 is 0. The Balaban J connectivity index is 0.000000722. The van der Waals surface area contributed by atoms with Crippen molar-refractivity contribution in [3.8, 4) is 0 Å². The van der Waals surface area contributed by atoms with Crippen molar-refractivity contribution in [2.45, 2.75) is 18.8 Å². The molecule has 3 rings (SSSR count). The van der Waals surface area contributed by atoms with E-state index in [0.29, 0.717) is 5.92 Å². The summed E-state index contributed by atoms with van der Waals surface area (Å²) in [6.45, 7) is 2.15. The van der Waals surface area contributed by atoms with E-state index < -0.39 is 0 Å². The first-order valence-corrected chi connectivity index (χ1v) is 5.31. The molecule has 0 radical (unpaired) electrons. The number of hydrogen-bond donors (Lipinski definition) is 2. The monoisotopic (exact) mass is 275 g/mol. The van der Waals surface area contributed by atoms with Gasteiger partial charge in [-0.1, -0.05) is 0 Å². The van der Waals surface area contributed by atoms with E-state index in [0.717, 1.165) is 42.8 Å². The Labute approximate surface area is 112 Å². The number of aromatic nitrogens is 4. The highest BCUT2D eigenvalue weighted by Gasteiger charge is 2.20. The summed E-state index contributed by atoms with van der Waals surface area (Å²) in [7, 11) is 0. The van der Waals surface area contributed by atoms with Crippen LogP contribution in [0.5, 0.6) is 0 Å². The van der Waals surface area contributed by atoms with Gasteiger partial charge in [0, 0.05) is 18.3 Å². The molecule has 0 spiro atoms. The van der Waals surface area contributed by atoms with Crippen LogP contribution in [-0.4, -0.2) is 33.3 Å². The number of aromatic amines is 1. The third-order valence-electron chi connectivity index (χ3n) is 2.96. The minimum Gasteiger partial charge on any atom is -0.317 e. The van der Waals surface area contributed by atoms with Gasteiger partial charge in [0.05, 0.1) is 5.69 Å². The molecule has 1 aliphatic rings. The van der Waals surface area contributed by atoms with Gasteiger partial charge in [-0.2, -0.15) is 5.10 Å². The maximum atomic E-state index is 4.34. The molecule has 2 aromatic rings. The number of hydrogen-bond acceptors (Lipinski definition) is 4. The molecule has 2 aromatic heterocycles. The zero-order valence-electron chi connectivity index (χ0n) is 9.22. The molecule has 0 saturated carbocycles. The highest BCUT2D eigenvalue weighted by molar-refractivity contribution is 5.85. The topological polar surface area (TPSA) is 66.5 Å². The van der Waals surface area contributed by atoms with Gasteiger partial charge in [0.25, 0.3) is 0 Å². The Morgan fingerprint density at radius 3 is 2.53 bits per heavy atom. The predicted molar refractivity (Wildman–Crippen MR) is 71.0 cm³/mol. The van der Waals surface area contributed by atoms with E-state index in [1.807, 2.05) is 0 Å². The maximum absolute atomic E-state index is 4.34. The highest BCUT2D eigenvalue weighted by Crippen LogP contribution is 2.27. The molecule has 0 aromatic carbocycles. The van der Waals surface area contributed by atoms with E-state index in [1.165, 1.54) is 0 Å². The van der Waals surface area contributed by atoms with Gasteiger partial charge in [-0.25, -0.2) is 9.97 Å². The molecule has 0 unspecified atom stereocenters. The van der Waals surface area contributed by atoms with Crippen LogP contribution in [0.3, 0.4) is 0 Å². The fourth-order valence-electron chi connectivity index (χ4n) is 2.16. The second-order valence-corrected chi connectivity index (χ2v) is 3.89. The van der Waals surface area contributed by atoms with Crippen molar-refractivity contribution in [2.75, 3.05) is 13.1 Å². The van der Waals surface area contributed by atoms with Crippen molar-refractivity contribution in [2.24, 2.45) is 0 Å². The average molecular weight is 276 g/mol. The lowest BCUT2D eigenvalue weighted by Gasteiger charge is -2.21. The van der Waals surface area contributed by atoms with Crippen molar-refractivity contribution < 1.29 is 0 Å². The molecule has 0 amide bonds. The summed E-state index contributed by atoms with van der Waals surface area (Å²) >= 11 is 0. The van der Waals surface area contributed by atoms with E-state index in [4.69, 9.17) is 0 Å². The summed E-state index contributed by atoms with van der Waals surface area (Å²) in [5, 5.41) is 10.6. The zero-order chi connectivity index (χ0) is 10.1. The SMILES string of the molecule is Cl.Cl.c1cnc2c(C3CCNCC3)[nH]nc2n1. The fraction of sp³-hybridized carbons (Fsp3) is 0.500. The van der Waals surface area contributed by atoms with Gasteiger partial charge in [-0.15, -0.1) is 24.8 Å². The van der Waals surface area contributed by atoms with Gasteiger partial charge in [0.2, 0.25) is 0 Å². The van der Waals surface area contributed by atoms with E-state index in [2.05, 4.69) is 25.5 Å². The van der Waals surface area contributed by atoms with Crippen LogP contribution in [0.15, 0.2) is 12.4 Å². The second kappa shape index (κ2) is 6.14. The van der Waals surface area contributed by atoms with E-state index in [-0.39, 0.29) is 24.8 Å². The smallest absolute Gasteiger partial charge is 0.199 e. The van der Waals surface area contributed by atoms with Crippen LogP contribution in [0.4, 0.5) is 0 Å². The molecule has 94 valence electrons. The Morgan fingerprint density at radius 1 is 1.06 bits per heavy atom. The largest absolute Gasteiger partial charge is 0.317 e. The third kappa shape index (κ3) is 2.68. The number of fused-ring (bicyclic) bond motifs is 1. The number of nitrogens with one attached hydrogen (secondary N) is 2. The maximum Gasteiger partial charge on any atom is 0.199 e. The Bertz CT molecular complexity index is 466. The van der Waals surface area contributed by atoms with Crippen LogP contribution in [0.25, 0.3) is 11.2 Å². The van der Waals surface area contributed by atoms with Crippen molar-refractivity contribution in [3.05, 3.63) is 18.1 Å². The lowest BCUT2D eigenvalue weighted by molar-refractivity contribution is 0.454. The summed E-state index contributed by atoms with van der Waals surface area (Å²) in [5.74, 6) is 0.549. The van der Waals surface area contributed by atoms with Crippen molar-refractivity contribution >= 4 is 36.0 Å². The zero-order valence-corrected chi connectivity index (χ0v) is 10.9. The lowest BCUT2D eigenvalue weighted by atomic mass is 9.94. The molecule has 1 saturated heterocycles. The molecule has 1 aliphatic heterocycles. The van der Waals surface area contributed by atoms with Gasteiger partial charge in [0.15, 0.2) is 5.65 Å². The molecular formula is C10H15Cl2N5. The summed E-state index contributed by atoms with van der Waals surface area (Å²) in [5.41, 5.74) is 2.81. The van der Waals surface area contributed by atoms with Crippen molar-refractivity contribution in [1.29, 1.82) is 0 Å². The standard InChI is InChI=1S/C10H13N5.2ClH/c1-3-11-4-2-7(1)8-9-10(15-14-8)13-6-5-12-9;;/h5-7,11H,1-4H2,(H,13,14,15);2*1H. The van der Waals surface area contributed by atoms with Crippen LogP contribution in [-0.2, 0) is 0 Å². The number of rotatable bonds is 1. The van der Waals surface area contributed by atoms with E-state index >= 15 is 0 Å². The van der Waals surface area contributed by atoms with Crippen LogP contribution in [0.2, 0.25) is 0 Å². The van der Waals surface area contributed by atoms with Gasteiger partial charge in [0.1, 0.15) is 5.52 Å².